The quantitative estimate of drug-likeness (QED) is 0.493. The standard InChI is InChI=1S/C18H21ClN4OS/c1-6-23(5)10-21-15-7-12(4)16(8-14(15)19)24-18-13(9-20)17(11(2)3)22-25-18/h7-8,10-11H,6H2,1-5H3. The van der Waals surface area contributed by atoms with Gasteiger partial charge in [0.05, 0.1) is 22.7 Å². The molecule has 132 valence electrons. The van der Waals surface area contributed by atoms with Crippen LogP contribution < -0.4 is 4.74 Å². The van der Waals surface area contributed by atoms with Gasteiger partial charge in [0.2, 0.25) is 5.06 Å². The lowest BCUT2D eigenvalue weighted by Gasteiger charge is -2.11. The number of hydrogen-bond acceptors (Lipinski definition) is 5. The second-order valence-corrected chi connectivity index (χ2v) is 7.13. The molecule has 0 aliphatic carbocycles. The third-order valence-electron chi connectivity index (χ3n) is 3.69. The summed E-state index contributed by atoms with van der Waals surface area (Å²) < 4.78 is 10.3. The van der Waals surface area contributed by atoms with E-state index in [4.69, 9.17) is 16.3 Å². The molecule has 2 rings (SSSR count). The molecule has 1 aromatic heterocycles. The maximum atomic E-state index is 9.42. The highest BCUT2D eigenvalue weighted by molar-refractivity contribution is 7.08. The van der Waals surface area contributed by atoms with Crippen LogP contribution in [0.1, 0.15) is 43.5 Å². The average Bonchev–Trinajstić information content (AvgIpc) is 2.99. The van der Waals surface area contributed by atoms with Gasteiger partial charge < -0.3 is 9.64 Å². The maximum absolute atomic E-state index is 9.42. The number of nitrogens with zero attached hydrogens (tertiary/aromatic N) is 4. The Bertz CT molecular complexity index is 823. The van der Waals surface area contributed by atoms with E-state index in [-0.39, 0.29) is 5.92 Å². The van der Waals surface area contributed by atoms with Crippen LogP contribution in [-0.2, 0) is 0 Å². The van der Waals surface area contributed by atoms with Gasteiger partial charge >= 0.3 is 0 Å². The Kier molecular flexibility index (Phi) is 6.40. The predicted molar refractivity (Wildman–Crippen MR) is 104 cm³/mol. The van der Waals surface area contributed by atoms with Gasteiger partial charge in [0.1, 0.15) is 17.4 Å². The molecule has 0 bridgehead atoms. The lowest BCUT2D eigenvalue weighted by molar-refractivity contribution is 0.490. The van der Waals surface area contributed by atoms with Gasteiger partial charge in [-0.2, -0.15) is 9.64 Å². The number of aryl methyl sites for hydroxylation is 1. The molecular weight excluding hydrogens is 356 g/mol. The molecule has 0 fully saturated rings. The van der Waals surface area contributed by atoms with Crippen molar-refractivity contribution < 1.29 is 4.74 Å². The summed E-state index contributed by atoms with van der Waals surface area (Å²) in [6.45, 7) is 8.83. The highest BCUT2D eigenvalue weighted by atomic mass is 35.5. The second-order valence-electron chi connectivity index (χ2n) is 5.99. The average molecular weight is 377 g/mol. The summed E-state index contributed by atoms with van der Waals surface area (Å²) in [5.74, 6) is 0.767. The van der Waals surface area contributed by atoms with Gasteiger partial charge in [0.15, 0.2) is 0 Å². The molecular formula is C18H21ClN4OS. The molecule has 25 heavy (non-hydrogen) atoms. The van der Waals surface area contributed by atoms with Crippen LogP contribution in [0.5, 0.6) is 10.8 Å². The largest absolute Gasteiger partial charge is 0.443 e. The van der Waals surface area contributed by atoms with Crippen LogP contribution in [0, 0.1) is 18.3 Å². The van der Waals surface area contributed by atoms with Crippen molar-refractivity contribution in [1.82, 2.24) is 9.27 Å². The van der Waals surface area contributed by atoms with Crippen molar-refractivity contribution in [3.05, 3.63) is 34.0 Å². The van der Waals surface area contributed by atoms with E-state index >= 15 is 0 Å². The second kappa shape index (κ2) is 8.32. The molecule has 0 radical (unpaired) electrons. The van der Waals surface area contributed by atoms with Gasteiger partial charge in [-0.1, -0.05) is 25.4 Å². The summed E-state index contributed by atoms with van der Waals surface area (Å²) in [6, 6.07) is 5.79. The first-order valence-corrected chi connectivity index (χ1v) is 9.14. The third kappa shape index (κ3) is 4.50. The van der Waals surface area contributed by atoms with Gasteiger partial charge in [0, 0.05) is 31.2 Å². The van der Waals surface area contributed by atoms with Crippen molar-refractivity contribution in [1.29, 1.82) is 5.26 Å². The molecule has 0 spiro atoms. The first kappa shape index (κ1) is 19.2. The molecule has 0 saturated heterocycles. The predicted octanol–water partition coefficient (Wildman–Crippen LogP) is 5.50. The molecule has 1 heterocycles. The minimum atomic E-state index is 0.167. The molecule has 0 amide bonds. The van der Waals surface area contributed by atoms with Gasteiger partial charge in [-0.15, -0.1) is 0 Å². The Hall–Kier alpha value is -2.10. The molecule has 0 saturated carbocycles. The first-order valence-electron chi connectivity index (χ1n) is 7.99. The zero-order valence-electron chi connectivity index (χ0n) is 15.0. The van der Waals surface area contributed by atoms with E-state index in [2.05, 4.69) is 15.4 Å². The molecule has 0 aliphatic rings. The summed E-state index contributed by atoms with van der Waals surface area (Å²) in [7, 11) is 1.95. The van der Waals surface area contributed by atoms with E-state index in [9.17, 15) is 5.26 Å². The fraction of sp³-hybridized carbons (Fsp3) is 0.389. The highest BCUT2D eigenvalue weighted by Crippen LogP contribution is 2.38. The number of hydrogen-bond donors (Lipinski definition) is 0. The van der Waals surface area contributed by atoms with E-state index < -0.39 is 0 Å². The number of benzene rings is 1. The zero-order valence-corrected chi connectivity index (χ0v) is 16.6. The van der Waals surface area contributed by atoms with E-state index in [1.807, 2.05) is 45.7 Å². The van der Waals surface area contributed by atoms with Crippen LogP contribution in [0.2, 0.25) is 5.02 Å². The highest BCUT2D eigenvalue weighted by Gasteiger charge is 2.19. The third-order valence-corrected chi connectivity index (χ3v) is 4.73. The number of halogens is 1. The smallest absolute Gasteiger partial charge is 0.218 e. The van der Waals surface area contributed by atoms with Gasteiger partial charge in [-0.3, -0.25) is 0 Å². The van der Waals surface area contributed by atoms with E-state index in [1.54, 1.807) is 12.4 Å². The van der Waals surface area contributed by atoms with Crippen molar-refractivity contribution in [2.24, 2.45) is 4.99 Å². The Morgan fingerprint density at radius 3 is 2.80 bits per heavy atom. The van der Waals surface area contributed by atoms with Crippen molar-refractivity contribution in [3.8, 4) is 16.9 Å². The van der Waals surface area contributed by atoms with Crippen LogP contribution in [0.3, 0.4) is 0 Å². The van der Waals surface area contributed by atoms with E-state index in [0.29, 0.717) is 27.1 Å². The van der Waals surface area contributed by atoms with Gasteiger partial charge in [-0.25, -0.2) is 4.99 Å². The summed E-state index contributed by atoms with van der Waals surface area (Å²) >= 11 is 7.52. The normalized spacial score (nSPS) is 11.1. The van der Waals surface area contributed by atoms with Crippen LogP contribution >= 0.6 is 23.1 Å². The SMILES string of the molecule is CCN(C)C=Nc1cc(C)c(Oc2snc(C(C)C)c2C#N)cc1Cl. The number of aliphatic imine (C=N–C) groups is 1. The topological polar surface area (TPSA) is 61.5 Å². The lowest BCUT2D eigenvalue weighted by Crippen LogP contribution is -2.14. The monoisotopic (exact) mass is 376 g/mol. The molecule has 7 heteroatoms. The van der Waals surface area contributed by atoms with Crippen molar-refractivity contribution >= 4 is 35.2 Å². The van der Waals surface area contributed by atoms with Gasteiger partial charge in [0.25, 0.3) is 0 Å². The number of aromatic nitrogens is 1. The fourth-order valence-corrected chi connectivity index (χ4v) is 3.11. The Morgan fingerprint density at radius 2 is 2.20 bits per heavy atom. The molecule has 0 N–H and O–H groups in total. The Morgan fingerprint density at radius 1 is 1.48 bits per heavy atom. The molecule has 0 unspecified atom stereocenters. The first-order chi connectivity index (χ1) is 11.9. The molecule has 2 aromatic rings. The minimum Gasteiger partial charge on any atom is -0.443 e. The van der Waals surface area contributed by atoms with Crippen molar-refractivity contribution in [2.45, 2.75) is 33.6 Å². The summed E-state index contributed by atoms with van der Waals surface area (Å²) in [5, 5.41) is 10.4. The summed E-state index contributed by atoms with van der Waals surface area (Å²) in [4.78, 5) is 6.36. The van der Waals surface area contributed by atoms with Crippen molar-refractivity contribution in [3.63, 3.8) is 0 Å². The number of ether oxygens (including phenoxy) is 1. The molecule has 5 nitrogen and oxygen atoms in total. The molecule has 0 aliphatic heterocycles. The molecule has 0 atom stereocenters. The molecule has 1 aromatic carbocycles. The lowest BCUT2D eigenvalue weighted by atomic mass is 10.1. The fourth-order valence-electron chi connectivity index (χ4n) is 2.05. The van der Waals surface area contributed by atoms with Crippen molar-refractivity contribution in [2.75, 3.05) is 13.6 Å². The van der Waals surface area contributed by atoms with Gasteiger partial charge in [-0.05, 0) is 31.4 Å². The van der Waals surface area contributed by atoms with Crippen LogP contribution in [0.4, 0.5) is 5.69 Å². The zero-order chi connectivity index (χ0) is 18.6. The Labute approximate surface area is 157 Å². The summed E-state index contributed by atoms with van der Waals surface area (Å²) in [5.41, 5.74) is 2.82. The van der Waals surface area contributed by atoms with Crippen LogP contribution in [0.25, 0.3) is 0 Å². The van der Waals surface area contributed by atoms with E-state index in [0.717, 1.165) is 17.8 Å². The summed E-state index contributed by atoms with van der Waals surface area (Å²) in [6.07, 6.45) is 1.74. The minimum absolute atomic E-state index is 0.167. The number of rotatable bonds is 6. The van der Waals surface area contributed by atoms with Crippen LogP contribution in [-0.4, -0.2) is 29.2 Å². The van der Waals surface area contributed by atoms with E-state index in [1.165, 1.54) is 11.5 Å². The number of nitriles is 1. The maximum Gasteiger partial charge on any atom is 0.218 e. The Balaban J connectivity index is 2.32. The van der Waals surface area contributed by atoms with Crippen LogP contribution in [0.15, 0.2) is 17.1 Å².